The molecular weight excluding hydrogens is 334 g/mol. The predicted octanol–water partition coefficient (Wildman–Crippen LogP) is 4.24. The van der Waals surface area contributed by atoms with Crippen LogP contribution >= 0.6 is 0 Å². The van der Waals surface area contributed by atoms with E-state index in [1.165, 1.54) is 5.56 Å². The minimum Gasteiger partial charge on any atom is -0.492 e. The average molecular weight is 357 g/mol. The number of benzene rings is 3. The molecular formula is C23H23N3O. The molecule has 0 unspecified atom stereocenters. The van der Waals surface area contributed by atoms with E-state index in [1.54, 1.807) is 0 Å². The number of nitrogens with one attached hydrogen (secondary N) is 1. The zero-order chi connectivity index (χ0) is 18.5. The standard InChI is InChI=1S/C23H23N3O/c24-23-25(16-15-19-9-3-1-4-10-19)21-13-7-8-14-22(21)26(23)17-18-27-20-11-5-2-6-12-20/h1-14,24H,15-18H2. The molecule has 136 valence electrons. The highest BCUT2D eigenvalue weighted by molar-refractivity contribution is 5.75. The van der Waals surface area contributed by atoms with Crippen LogP contribution in [0.2, 0.25) is 0 Å². The number of rotatable bonds is 7. The number of aryl methyl sites for hydroxylation is 2. The molecule has 0 bridgehead atoms. The van der Waals surface area contributed by atoms with Gasteiger partial charge in [-0.2, -0.15) is 0 Å². The number of hydrogen-bond acceptors (Lipinski definition) is 2. The molecule has 0 radical (unpaired) electrons. The topological polar surface area (TPSA) is 42.9 Å². The van der Waals surface area contributed by atoms with Crippen molar-refractivity contribution in [1.29, 1.82) is 5.41 Å². The minimum atomic E-state index is 0.517. The SMILES string of the molecule is N=c1n(CCOc2ccccc2)c2ccccc2n1CCc1ccccc1. The molecule has 4 rings (SSSR count). The lowest BCUT2D eigenvalue weighted by atomic mass is 10.1. The summed E-state index contributed by atoms with van der Waals surface area (Å²) in [7, 11) is 0. The highest BCUT2D eigenvalue weighted by Gasteiger charge is 2.10. The molecule has 0 saturated carbocycles. The minimum absolute atomic E-state index is 0.517. The van der Waals surface area contributed by atoms with Crippen molar-refractivity contribution in [2.45, 2.75) is 19.5 Å². The largest absolute Gasteiger partial charge is 0.492 e. The van der Waals surface area contributed by atoms with Gasteiger partial charge in [0.25, 0.3) is 0 Å². The number of aromatic nitrogens is 2. The van der Waals surface area contributed by atoms with Gasteiger partial charge in [-0.05, 0) is 36.2 Å². The monoisotopic (exact) mass is 357 g/mol. The number of ether oxygens (including phenoxy) is 1. The van der Waals surface area contributed by atoms with Crippen molar-refractivity contribution in [3.05, 3.63) is 96.1 Å². The van der Waals surface area contributed by atoms with E-state index in [0.717, 1.165) is 29.7 Å². The van der Waals surface area contributed by atoms with Crippen LogP contribution in [0.1, 0.15) is 5.56 Å². The van der Waals surface area contributed by atoms with Gasteiger partial charge in [-0.25, -0.2) is 0 Å². The predicted molar refractivity (Wildman–Crippen MR) is 108 cm³/mol. The van der Waals surface area contributed by atoms with Gasteiger partial charge in [0.15, 0.2) is 0 Å². The lowest BCUT2D eigenvalue weighted by molar-refractivity contribution is 0.296. The fraction of sp³-hybridized carbons (Fsp3) is 0.174. The molecule has 1 N–H and O–H groups in total. The Morgan fingerprint density at radius 1 is 0.667 bits per heavy atom. The molecule has 0 saturated heterocycles. The van der Waals surface area contributed by atoms with Gasteiger partial charge in [0.2, 0.25) is 5.62 Å². The second kappa shape index (κ2) is 7.96. The van der Waals surface area contributed by atoms with Crippen molar-refractivity contribution in [2.75, 3.05) is 6.61 Å². The summed E-state index contributed by atoms with van der Waals surface area (Å²) in [6.07, 6.45) is 0.909. The van der Waals surface area contributed by atoms with Crippen LogP contribution in [0.5, 0.6) is 5.75 Å². The third-order valence-electron chi connectivity index (χ3n) is 4.77. The van der Waals surface area contributed by atoms with Crippen LogP contribution in [0.15, 0.2) is 84.9 Å². The van der Waals surface area contributed by atoms with E-state index >= 15 is 0 Å². The van der Waals surface area contributed by atoms with Gasteiger partial charge in [-0.1, -0.05) is 60.7 Å². The van der Waals surface area contributed by atoms with Crippen LogP contribution in [0.3, 0.4) is 0 Å². The smallest absolute Gasteiger partial charge is 0.203 e. The van der Waals surface area contributed by atoms with E-state index in [0.29, 0.717) is 18.8 Å². The van der Waals surface area contributed by atoms with E-state index in [4.69, 9.17) is 10.1 Å². The summed E-state index contributed by atoms with van der Waals surface area (Å²) in [6, 6.07) is 28.5. The highest BCUT2D eigenvalue weighted by atomic mass is 16.5. The highest BCUT2D eigenvalue weighted by Crippen LogP contribution is 2.14. The Kier molecular flexibility index (Phi) is 5.06. The first-order valence-electron chi connectivity index (χ1n) is 9.27. The normalized spacial score (nSPS) is 11.0. The second-order valence-electron chi connectivity index (χ2n) is 6.51. The number of hydrogen-bond donors (Lipinski definition) is 1. The zero-order valence-corrected chi connectivity index (χ0v) is 15.2. The van der Waals surface area contributed by atoms with Crippen LogP contribution < -0.4 is 10.4 Å². The first kappa shape index (κ1) is 17.2. The van der Waals surface area contributed by atoms with Crippen LogP contribution in [0.25, 0.3) is 11.0 Å². The molecule has 0 amide bonds. The van der Waals surface area contributed by atoms with Gasteiger partial charge in [-0.15, -0.1) is 0 Å². The third kappa shape index (κ3) is 3.80. The molecule has 1 heterocycles. The maximum atomic E-state index is 8.69. The fourth-order valence-electron chi connectivity index (χ4n) is 3.40. The zero-order valence-electron chi connectivity index (χ0n) is 15.2. The number of imidazole rings is 1. The summed E-state index contributed by atoms with van der Waals surface area (Å²) in [4.78, 5) is 0. The molecule has 4 nitrogen and oxygen atoms in total. The quantitative estimate of drug-likeness (QED) is 0.528. The molecule has 0 spiro atoms. The maximum Gasteiger partial charge on any atom is 0.203 e. The van der Waals surface area contributed by atoms with Crippen LogP contribution in [0.4, 0.5) is 0 Å². The summed E-state index contributed by atoms with van der Waals surface area (Å²) in [5.74, 6) is 0.859. The van der Waals surface area contributed by atoms with Gasteiger partial charge in [0.05, 0.1) is 17.6 Å². The number of para-hydroxylation sites is 3. The van der Waals surface area contributed by atoms with Crippen LogP contribution in [-0.2, 0) is 19.5 Å². The van der Waals surface area contributed by atoms with E-state index in [9.17, 15) is 0 Å². The van der Waals surface area contributed by atoms with Gasteiger partial charge in [0, 0.05) is 6.54 Å². The van der Waals surface area contributed by atoms with Crippen molar-refractivity contribution in [3.63, 3.8) is 0 Å². The van der Waals surface area contributed by atoms with Gasteiger partial charge in [-0.3, -0.25) is 5.41 Å². The molecule has 0 atom stereocenters. The van der Waals surface area contributed by atoms with Crippen molar-refractivity contribution < 1.29 is 4.74 Å². The van der Waals surface area contributed by atoms with E-state index < -0.39 is 0 Å². The number of nitrogens with zero attached hydrogens (tertiary/aromatic N) is 2. The van der Waals surface area contributed by atoms with Crippen LogP contribution in [0, 0.1) is 5.41 Å². The summed E-state index contributed by atoms with van der Waals surface area (Å²) >= 11 is 0. The Hall–Kier alpha value is -3.27. The van der Waals surface area contributed by atoms with Gasteiger partial charge >= 0.3 is 0 Å². The van der Waals surface area contributed by atoms with Crippen molar-refractivity contribution >= 4 is 11.0 Å². The molecule has 0 fully saturated rings. The van der Waals surface area contributed by atoms with Gasteiger partial charge in [0.1, 0.15) is 12.4 Å². The Balaban J connectivity index is 1.55. The summed E-state index contributed by atoms with van der Waals surface area (Å²) in [5.41, 5.74) is 3.97. The number of fused-ring (bicyclic) bond motifs is 1. The molecule has 4 aromatic rings. The van der Waals surface area contributed by atoms with E-state index in [1.807, 2.05) is 53.1 Å². The molecule has 0 aliphatic carbocycles. The summed E-state index contributed by atoms with van der Waals surface area (Å²) in [5, 5.41) is 8.69. The van der Waals surface area contributed by atoms with E-state index in [-0.39, 0.29) is 0 Å². The lowest BCUT2D eigenvalue weighted by Gasteiger charge is -2.08. The fourth-order valence-corrected chi connectivity index (χ4v) is 3.40. The first-order chi connectivity index (χ1) is 13.3. The lowest BCUT2D eigenvalue weighted by Crippen LogP contribution is -2.27. The van der Waals surface area contributed by atoms with Crippen molar-refractivity contribution in [3.8, 4) is 5.75 Å². The Labute approximate surface area is 158 Å². The molecule has 1 aromatic heterocycles. The molecule has 0 aliphatic heterocycles. The maximum absolute atomic E-state index is 8.69. The Morgan fingerprint density at radius 3 is 1.89 bits per heavy atom. The molecule has 3 aromatic carbocycles. The second-order valence-corrected chi connectivity index (χ2v) is 6.51. The summed E-state index contributed by atoms with van der Waals surface area (Å²) < 4.78 is 9.96. The molecule has 27 heavy (non-hydrogen) atoms. The van der Waals surface area contributed by atoms with Crippen molar-refractivity contribution in [1.82, 2.24) is 9.13 Å². The first-order valence-corrected chi connectivity index (χ1v) is 9.27. The molecule has 0 aliphatic rings. The molecule has 4 heteroatoms. The van der Waals surface area contributed by atoms with Crippen molar-refractivity contribution in [2.24, 2.45) is 0 Å². The van der Waals surface area contributed by atoms with Crippen LogP contribution in [-0.4, -0.2) is 15.7 Å². The Bertz CT molecular complexity index is 1070. The summed E-state index contributed by atoms with van der Waals surface area (Å²) in [6.45, 7) is 1.97. The Morgan fingerprint density at radius 2 is 1.22 bits per heavy atom. The van der Waals surface area contributed by atoms with E-state index in [2.05, 4.69) is 41.0 Å². The average Bonchev–Trinajstić information content (AvgIpc) is 2.99. The third-order valence-corrected chi connectivity index (χ3v) is 4.77. The van der Waals surface area contributed by atoms with Gasteiger partial charge < -0.3 is 13.9 Å².